The van der Waals surface area contributed by atoms with Crippen molar-refractivity contribution in [3.63, 3.8) is 0 Å². The van der Waals surface area contributed by atoms with E-state index in [-0.39, 0.29) is 17.2 Å². The van der Waals surface area contributed by atoms with Crippen LogP contribution >= 0.6 is 11.3 Å². The molecule has 5 heteroatoms. The lowest BCUT2D eigenvalue weighted by atomic mass is 9.86. The Morgan fingerprint density at radius 1 is 1.17 bits per heavy atom. The molecule has 0 bridgehead atoms. The largest absolute Gasteiger partial charge is 0.368 e. The first-order chi connectivity index (χ1) is 10.8. The molecule has 0 spiro atoms. The molecular weight excluding hydrogens is 308 g/mol. The lowest BCUT2D eigenvalue weighted by molar-refractivity contribution is -0.134. The number of nitrogens with one attached hydrogen (secondary N) is 1. The van der Waals surface area contributed by atoms with Crippen LogP contribution in [0.4, 0.5) is 0 Å². The molecule has 0 saturated heterocycles. The summed E-state index contributed by atoms with van der Waals surface area (Å²) < 4.78 is 0. The second-order valence-electron chi connectivity index (χ2n) is 7.76. The minimum absolute atomic E-state index is 0.0225. The van der Waals surface area contributed by atoms with Crippen molar-refractivity contribution in [2.75, 3.05) is 0 Å². The quantitative estimate of drug-likeness (QED) is 0.831. The predicted molar refractivity (Wildman–Crippen MR) is 92.2 cm³/mol. The van der Waals surface area contributed by atoms with E-state index in [1.54, 1.807) is 11.3 Å². The molecule has 2 fully saturated rings. The fraction of sp³-hybridized carbons (Fsp3) is 0.667. The van der Waals surface area contributed by atoms with Crippen LogP contribution in [-0.2, 0) is 15.0 Å². The number of thiophene rings is 1. The summed E-state index contributed by atoms with van der Waals surface area (Å²) in [5.74, 6) is -0.404. The van der Waals surface area contributed by atoms with Crippen LogP contribution in [0.1, 0.15) is 63.7 Å². The highest BCUT2D eigenvalue weighted by atomic mass is 32.1. The molecule has 1 heterocycles. The molecule has 0 aliphatic heterocycles. The van der Waals surface area contributed by atoms with E-state index >= 15 is 0 Å². The molecule has 1 aromatic heterocycles. The standard InChI is InChI=1S/C18H26N2O2S/c1-16(2)12-18(16,13-8-7-11-23-13)15(22)20-17(14(19)21)9-5-3-4-6-10-17/h7-8,11H,3-6,9-10,12H2,1-2H3,(H2,19,21)(H,20,22)/t18-/m1/s1. The molecule has 23 heavy (non-hydrogen) atoms. The first kappa shape index (κ1) is 16.5. The highest BCUT2D eigenvalue weighted by Gasteiger charge is 2.68. The van der Waals surface area contributed by atoms with Crippen LogP contribution in [0.25, 0.3) is 0 Å². The number of nitrogens with two attached hydrogens (primary N) is 1. The summed E-state index contributed by atoms with van der Waals surface area (Å²) in [4.78, 5) is 26.5. The Kier molecular flexibility index (Phi) is 4.03. The van der Waals surface area contributed by atoms with E-state index in [0.29, 0.717) is 12.8 Å². The molecule has 126 valence electrons. The Morgan fingerprint density at radius 3 is 2.22 bits per heavy atom. The van der Waals surface area contributed by atoms with Gasteiger partial charge in [-0.1, -0.05) is 45.6 Å². The molecule has 1 aromatic rings. The summed E-state index contributed by atoms with van der Waals surface area (Å²) >= 11 is 1.62. The average Bonchev–Trinajstić information content (AvgIpc) is 2.84. The van der Waals surface area contributed by atoms with Gasteiger partial charge in [-0.25, -0.2) is 0 Å². The van der Waals surface area contributed by atoms with E-state index in [1.165, 1.54) is 0 Å². The fourth-order valence-corrected chi connectivity index (χ4v) is 5.25. The number of primary amides is 1. The Balaban J connectivity index is 1.88. The summed E-state index contributed by atoms with van der Waals surface area (Å²) in [6, 6.07) is 4.02. The Hall–Kier alpha value is -1.36. The normalized spacial score (nSPS) is 28.6. The van der Waals surface area contributed by atoms with E-state index in [2.05, 4.69) is 19.2 Å². The van der Waals surface area contributed by atoms with Gasteiger partial charge in [-0.05, 0) is 36.1 Å². The second kappa shape index (κ2) is 5.62. The summed E-state index contributed by atoms with van der Waals surface area (Å²) in [7, 11) is 0. The van der Waals surface area contributed by atoms with Crippen LogP contribution in [0, 0.1) is 5.41 Å². The third-order valence-corrected chi connectivity index (χ3v) is 6.88. The number of amides is 2. The van der Waals surface area contributed by atoms with Crippen LogP contribution in [-0.4, -0.2) is 17.4 Å². The number of rotatable bonds is 4. The third-order valence-electron chi connectivity index (χ3n) is 5.85. The fourth-order valence-electron chi connectivity index (χ4n) is 4.15. The predicted octanol–water partition coefficient (Wildman–Crippen LogP) is 3.11. The molecule has 2 amide bonds. The first-order valence-corrected chi connectivity index (χ1v) is 9.39. The SMILES string of the molecule is CC1(C)C[C@]1(C(=O)NC1(C(N)=O)CCCCCC1)c1cccs1. The van der Waals surface area contributed by atoms with Crippen molar-refractivity contribution >= 4 is 23.2 Å². The summed E-state index contributed by atoms with van der Waals surface area (Å²) in [6.45, 7) is 4.24. The van der Waals surface area contributed by atoms with Gasteiger partial charge in [-0.3, -0.25) is 9.59 Å². The zero-order valence-corrected chi connectivity index (χ0v) is 14.8. The Labute approximate surface area is 141 Å². The summed E-state index contributed by atoms with van der Waals surface area (Å²) in [5, 5.41) is 5.12. The maximum Gasteiger partial charge on any atom is 0.243 e. The number of carbonyl (C=O) groups is 2. The molecule has 0 aromatic carbocycles. The van der Waals surface area contributed by atoms with Crippen LogP contribution in [0.15, 0.2) is 17.5 Å². The average molecular weight is 334 g/mol. The first-order valence-electron chi connectivity index (χ1n) is 8.51. The van der Waals surface area contributed by atoms with E-state index in [4.69, 9.17) is 5.73 Å². The van der Waals surface area contributed by atoms with Gasteiger partial charge in [0.15, 0.2) is 0 Å². The van der Waals surface area contributed by atoms with E-state index < -0.39 is 11.0 Å². The minimum Gasteiger partial charge on any atom is -0.368 e. The molecule has 3 rings (SSSR count). The van der Waals surface area contributed by atoms with Crippen molar-refractivity contribution in [1.82, 2.24) is 5.32 Å². The van der Waals surface area contributed by atoms with Crippen LogP contribution in [0.5, 0.6) is 0 Å². The second-order valence-corrected chi connectivity index (χ2v) is 8.71. The molecule has 1 atom stereocenters. The highest BCUT2D eigenvalue weighted by Crippen LogP contribution is 2.65. The van der Waals surface area contributed by atoms with E-state index in [1.807, 2.05) is 17.5 Å². The lowest BCUT2D eigenvalue weighted by Crippen LogP contribution is -2.59. The molecule has 0 radical (unpaired) electrons. The number of hydrogen-bond donors (Lipinski definition) is 2. The zero-order chi connectivity index (χ0) is 16.7. The van der Waals surface area contributed by atoms with Crippen molar-refractivity contribution < 1.29 is 9.59 Å². The van der Waals surface area contributed by atoms with Crippen molar-refractivity contribution in [3.05, 3.63) is 22.4 Å². The molecular formula is C18H26N2O2S. The Morgan fingerprint density at radius 2 is 1.78 bits per heavy atom. The van der Waals surface area contributed by atoms with Crippen LogP contribution in [0.2, 0.25) is 0 Å². The summed E-state index contributed by atoms with van der Waals surface area (Å²) in [6.07, 6.45) is 6.24. The van der Waals surface area contributed by atoms with Gasteiger partial charge in [0, 0.05) is 4.88 Å². The van der Waals surface area contributed by atoms with Crippen molar-refractivity contribution in [3.8, 4) is 0 Å². The maximum atomic E-state index is 13.2. The van der Waals surface area contributed by atoms with Gasteiger partial charge >= 0.3 is 0 Å². The van der Waals surface area contributed by atoms with Crippen LogP contribution < -0.4 is 11.1 Å². The molecule has 4 nitrogen and oxygen atoms in total. The summed E-state index contributed by atoms with van der Waals surface area (Å²) in [5.41, 5.74) is 4.27. The molecule has 2 saturated carbocycles. The number of hydrogen-bond acceptors (Lipinski definition) is 3. The molecule has 0 unspecified atom stereocenters. The smallest absolute Gasteiger partial charge is 0.243 e. The molecule has 3 N–H and O–H groups in total. The van der Waals surface area contributed by atoms with E-state index in [0.717, 1.165) is 37.0 Å². The Bertz CT molecular complexity index is 601. The van der Waals surface area contributed by atoms with Gasteiger partial charge in [0.1, 0.15) is 5.54 Å². The van der Waals surface area contributed by atoms with Gasteiger partial charge in [0.2, 0.25) is 11.8 Å². The minimum atomic E-state index is -0.865. The van der Waals surface area contributed by atoms with Crippen molar-refractivity contribution in [2.24, 2.45) is 11.1 Å². The maximum absolute atomic E-state index is 13.2. The van der Waals surface area contributed by atoms with Crippen molar-refractivity contribution in [1.29, 1.82) is 0 Å². The van der Waals surface area contributed by atoms with Gasteiger partial charge in [0.05, 0.1) is 5.41 Å². The molecule has 2 aliphatic rings. The van der Waals surface area contributed by atoms with Crippen LogP contribution in [0.3, 0.4) is 0 Å². The highest BCUT2D eigenvalue weighted by molar-refractivity contribution is 7.10. The van der Waals surface area contributed by atoms with Crippen molar-refractivity contribution in [2.45, 2.75) is 69.7 Å². The third kappa shape index (κ3) is 2.59. The topological polar surface area (TPSA) is 72.2 Å². The van der Waals surface area contributed by atoms with E-state index in [9.17, 15) is 9.59 Å². The number of carbonyl (C=O) groups excluding carboxylic acids is 2. The monoisotopic (exact) mass is 334 g/mol. The lowest BCUT2D eigenvalue weighted by Gasteiger charge is -2.33. The van der Waals surface area contributed by atoms with Gasteiger partial charge in [0.25, 0.3) is 0 Å². The van der Waals surface area contributed by atoms with Gasteiger partial charge in [-0.15, -0.1) is 11.3 Å². The zero-order valence-electron chi connectivity index (χ0n) is 14.0. The van der Waals surface area contributed by atoms with Gasteiger partial charge in [-0.2, -0.15) is 0 Å². The van der Waals surface area contributed by atoms with Gasteiger partial charge < -0.3 is 11.1 Å². The molecule has 2 aliphatic carbocycles.